The minimum Gasteiger partial charge on any atom is -0.379 e. The average Bonchev–Trinajstić information content (AvgIpc) is 3.04. The van der Waals surface area contributed by atoms with Crippen molar-refractivity contribution in [3.05, 3.63) is 35.4 Å². The van der Waals surface area contributed by atoms with Gasteiger partial charge in [0.2, 0.25) is 0 Å². The number of halogens is 2. The minimum absolute atomic E-state index is 0.188. The highest BCUT2D eigenvalue weighted by atomic mass is 35.5. The molecule has 4 rings (SSSR count). The van der Waals surface area contributed by atoms with Crippen molar-refractivity contribution in [2.24, 2.45) is 5.92 Å². The smallest absolute Gasteiger partial charge is 0.146 e. The van der Waals surface area contributed by atoms with Gasteiger partial charge in [0.05, 0.1) is 18.8 Å². The van der Waals surface area contributed by atoms with Gasteiger partial charge in [-0.2, -0.15) is 0 Å². The third kappa shape index (κ3) is 1.60. The van der Waals surface area contributed by atoms with E-state index in [4.69, 9.17) is 27.9 Å². The number of morpholine rings is 1. The fraction of sp³-hybridized carbons (Fsp3) is 0.625. The number of hydrogen-bond acceptors (Lipinski definition) is 2. The summed E-state index contributed by atoms with van der Waals surface area (Å²) in [4.78, 5) is 2.48. The van der Waals surface area contributed by atoms with E-state index in [-0.39, 0.29) is 5.54 Å². The molecule has 20 heavy (non-hydrogen) atoms. The van der Waals surface area contributed by atoms with Gasteiger partial charge in [0.25, 0.3) is 0 Å². The number of rotatable bonds is 1. The third-order valence-corrected chi connectivity index (χ3v) is 6.35. The molecule has 0 amide bonds. The highest BCUT2D eigenvalue weighted by Gasteiger charge is 2.79. The van der Waals surface area contributed by atoms with Gasteiger partial charge in [-0.3, -0.25) is 4.90 Å². The van der Waals surface area contributed by atoms with E-state index in [0.29, 0.717) is 5.92 Å². The number of benzene rings is 1. The van der Waals surface area contributed by atoms with Crippen LogP contribution in [0.25, 0.3) is 0 Å². The molecular weight excluding hydrogens is 293 g/mol. The predicted octanol–water partition coefficient (Wildman–Crippen LogP) is 3.35. The Morgan fingerprint density at radius 1 is 1.15 bits per heavy atom. The topological polar surface area (TPSA) is 12.5 Å². The van der Waals surface area contributed by atoms with Crippen LogP contribution in [0.4, 0.5) is 0 Å². The first-order chi connectivity index (χ1) is 9.69. The number of ether oxygens (including phenoxy) is 1. The average molecular weight is 312 g/mol. The van der Waals surface area contributed by atoms with Crippen LogP contribution in [0.3, 0.4) is 0 Å². The summed E-state index contributed by atoms with van der Waals surface area (Å²) in [5.74, 6) is 0.347. The second-order valence-corrected chi connectivity index (χ2v) is 7.48. The van der Waals surface area contributed by atoms with Crippen molar-refractivity contribution in [3.63, 3.8) is 0 Å². The molecule has 1 aromatic carbocycles. The predicted molar refractivity (Wildman–Crippen MR) is 81.4 cm³/mol. The zero-order valence-electron chi connectivity index (χ0n) is 11.4. The molecule has 1 saturated heterocycles. The second-order valence-electron chi connectivity index (χ2n) is 6.09. The Kier molecular flexibility index (Phi) is 3.08. The van der Waals surface area contributed by atoms with Crippen molar-refractivity contribution in [2.75, 3.05) is 26.3 Å². The van der Waals surface area contributed by atoms with Gasteiger partial charge in [-0.25, -0.2) is 0 Å². The zero-order chi connectivity index (χ0) is 13.8. The lowest BCUT2D eigenvalue weighted by Crippen LogP contribution is -2.47. The molecule has 1 aliphatic heterocycles. The van der Waals surface area contributed by atoms with Crippen LogP contribution in [-0.2, 0) is 16.7 Å². The molecule has 0 spiro atoms. The molecule has 2 fully saturated rings. The first-order valence-corrected chi connectivity index (χ1v) is 8.23. The SMILES string of the molecule is ClC1(Cl)C2CCCc3ccccc3C21N1CCOCC1. The fourth-order valence-electron chi connectivity index (χ4n) is 4.34. The van der Waals surface area contributed by atoms with Crippen LogP contribution in [0, 0.1) is 5.92 Å². The van der Waals surface area contributed by atoms with Gasteiger partial charge >= 0.3 is 0 Å². The fourth-order valence-corrected chi connectivity index (χ4v) is 5.47. The second kappa shape index (κ2) is 4.61. The first kappa shape index (κ1) is 13.4. The lowest BCUT2D eigenvalue weighted by atomic mass is 9.95. The van der Waals surface area contributed by atoms with E-state index in [1.165, 1.54) is 17.5 Å². The van der Waals surface area contributed by atoms with Crippen molar-refractivity contribution < 1.29 is 4.74 Å². The minimum atomic E-state index is -0.652. The van der Waals surface area contributed by atoms with Gasteiger partial charge in [-0.05, 0) is 30.4 Å². The Morgan fingerprint density at radius 2 is 1.90 bits per heavy atom. The molecular formula is C16H19Cl2NO. The number of alkyl halides is 2. The summed E-state index contributed by atoms with van der Waals surface area (Å²) in [6, 6.07) is 8.71. The Bertz CT molecular complexity index is 527. The Labute approximate surface area is 130 Å². The van der Waals surface area contributed by atoms with Gasteiger partial charge < -0.3 is 4.74 Å². The molecule has 1 heterocycles. The Balaban J connectivity index is 1.85. The third-order valence-electron chi connectivity index (χ3n) is 5.24. The molecule has 4 heteroatoms. The summed E-state index contributed by atoms with van der Waals surface area (Å²) in [5, 5.41) is 0. The Morgan fingerprint density at radius 3 is 2.70 bits per heavy atom. The Hall–Kier alpha value is -0.280. The standard InChI is InChI=1S/C16H19Cl2NO/c17-16(18)14-7-3-5-12-4-1-2-6-13(12)15(14,16)19-8-10-20-11-9-19/h1-2,4,6,14H,3,5,7-11H2. The van der Waals surface area contributed by atoms with Crippen LogP contribution in [0.5, 0.6) is 0 Å². The van der Waals surface area contributed by atoms with Crippen molar-refractivity contribution in [1.82, 2.24) is 4.90 Å². The molecule has 2 nitrogen and oxygen atoms in total. The summed E-state index contributed by atoms with van der Waals surface area (Å²) in [6.07, 6.45) is 3.43. The highest BCUT2D eigenvalue weighted by Crippen LogP contribution is 2.73. The highest BCUT2D eigenvalue weighted by molar-refractivity contribution is 6.52. The van der Waals surface area contributed by atoms with Crippen LogP contribution in [0.2, 0.25) is 0 Å². The van der Waals surface area contributed by atoms with Gasteiger partial charge in [-0.15, -0.1) is 0 Å². The molecule has 1 saturated carbocycles. The molecule has 108 valence electrons. The van der Waals surface area contributed by atoms with Crippen molar-refractivity contribution in [3.8, 4) is 0 Å². The number of fused-ring (bicyclic) bond motifs is 3. The zero-order valence-corrected chi connectivity index (χ0v) is 13.0. The lowest BCUT2D eigenvalue weighted by molar-refractivity contribution is 0.00320. The summed E-state index contributed by atoms with van der Waals surface area (Å²) in [6.45, 7) is 3.40. The molecule has 0 N–H and O–H groups in total. The van der Waals surface area contributed by atoms with E-state index in [2.05, 4.69) is 29.2 Å². The van der Waals surface area contributed by atoms with Crippen molar-refractivity contribution in [2.45, 2.75) is 29.1 Å². The van der Waals surface area contributed by atoms with Gasteiger partial charge in [0.1, 0.15) is 4.33 Å². The molecule has 0 bridgehead atoms. The van der Waals surface area contributed by atoms with Crippen molar-refractivity contribution in [1.29, 1.82) is 0 Å². The molecule has 2 aliphatic carbocycles. The van der Waals surface area contributed by atoms with E-state index < -0.39 is 4.33 Å². The van der Waals surface area contributed by atoms with E-state index in [0.717, 1.165) is 39.1 Å². The van der Waals surface area contributed by atoms with Gasteiger partial charge in [0.15, 0.2) is 0 Å². The van der Waals surface area contributed by atoms with Crippen LogP contribution in [-0.4, -0.2) is 35.5 Å². The quantitative estimate of drug-likeness (QED) is 0.737. The number of nitrogens with zero attached hydrogens (tertiary/aromatic N) is 1. The normalized spacial score (nSPS) is 35.8. The van der Waals surface area contributed by atoms with E-state index >= 15 is 0 Å². The maximum absolute atomic E-state index is 6.79. The number of aryl methyl sites for hydroxylation is 1. The molecule has 2 unspecified atom stereocenters. The molecule has 2 atom stereocenters. The summed E-state index contributed by atoms with van der Waals surface area (Å²) in [5.41, 5.74) is 2.59. The monoisotopic (exact) mass is 311 g/mol. The van der Waals surface area contributed by atoms with Crippen LogP contribution < -0.4 is 0 Å². The van der Waals surface area contributed by atoms with E-state index in [9.17, 15) is 0 Å². The lowest BCUT2D eigenvalue weighted by Gasteiger charge is -2.37. The number of hydrogen-bond donors (Lipinski definition) is 0. The molecule has 3 aliphatic rings. The largest absolute Gasteiger partial charge is 0.379 e. The molecule has 1 aromatic rings. The van der Waals surface area contributed by atoms with Gasteiger partial charge in [-0.1, -0.05) is 47.5 Å². The maximum atomic E-state index is 6.79. The summed E-state index contributed by atoms with van der Waals surface area (Å²) >= 11 is 13.6. The van der Waals surface area contributed by atoms with E-state index in [1.54, 1.807) is 0 Å². The maximum Gasteiger partial charge on any atom is 0.146 e. The van der Waals surface area contributed by atoms with Crippen LogP contribution >= 0.6 is 23.2 Å². The molecule has 0 aromatic heterocycles. The summed E-state index contributed by atoms with van der Waals surface area (Å²) in [7, 11) is 0. The molecule has 0 radical (unpaired) electrons. The van der Waals surface area contributed by atoms with Crippen molar-refractivity contribution >= 4 is 23.2 Å². The van der Waals surface area contributed by atoms with Gasteiger partial charge in [0, 0.05) is 19.0 Å². The van der Waals surface area contributed by atoms with E-state index in [1.807, 2.05) is 0 Å². The van der Waals surface area contributed by atoms with Crippen LogP contribution in [0.15, 0.2) is 24.3 Å². The summed E-state index contributed by atoms with van der Waals surface area (Å²) < 4.78 is 4.86. The first-order valence-electron chi connectivity index (χ1n) is 7.48. The van der Waals surface area contributed by atoms with Crippen LogP contribution in [0.1, 0.15) is 24.0 Å².